The van der Waals surface area contributed by atoms with Crippen LogP contribution < -0.4 is 10.6 Å². The van der Waals surface area contributed by atoms with Crippen molar-refractivity contribution >= 4 is 27.9 Å². The highest BCUT2D eigenvalue weighted by Crippen LogP contribution is 1.96. The van der Waals surface area contributed by atoms with Crippen LogP contribution in [0.4, 0.5) is 4.79 Å². The quantitative estimate of drug-likeness (QED) is 0.695. The number of hydrogen-bond acceptors (Lipinski definition) is 2. The van der Waals surface area contributed by atoms with Crippen LogP contribution in [0, 0.1) is 0 Å². The summed E-state index contributed by atoms with van der Waals surface area (Å²) in [6.07, 6.45) is -0.0946. The molecule has 0 aliphatic carbocycles. The highest BCUT2D eigenvalue weighted by Gasteiger charge is 2.09. The molecule has 0 radical (unpaired) electrons. The molecule has 0 aliphatic rings. The molecule has 80 valence electrons. The summed E-state index contributed by atoms with van der Waals surface area (Å²) in [6, 6.07) is -0.796. The van der Waals surface area contributed by atoms with Gasteiger partial charge in [-0.05, 0) is 6.92 Å². The van der Waals surface area contributed by atoms with Crippen LogP contribution in [0.15, 0.2) is 11.1 Å². The molecule has 5 nitrogen and oxygen atoms in total. The van der Waals surface area contributed by atoms with E-state index in [9.17, 15) is 9.59 Å². The maximum atomic E-state index is 11.1. The van der Waals surface area contributed by atoms with E-state index < -0.39 is 18.0 Å². The number of carboxylic acids is 1. The summed E-state index contributed by atoms with van der Waals surface area (Å²) in [4.78, 5) is 21.3. The standard InChI is InChI=1S/C8H13BrN2O3/c1-5(9)4-10-8(14)11-6(2)3-7(12)13/h6H,1,3-4H2,2H3,(H,12,13)(H2,10,11,14). The van der Waals surface area contributed by atoms with Crippen LogP contribution in [0.5, 0.6) is 0 Å². The van der Waals surface area contributed by atoms with Gasteiger partial charge in [0.05, 0.1) is 13.0 Å². The molecule has 3 N–H and O–H groups in total. The van der Waals surface area contributed by atoms with Gasteiger partial charge in [-0.2, -0.15) is 0 Å². The number of rotatable bonds is 5. The predicted molar refractivity (Wildman–Crippen MR) is 56.3 cm³/mol. The second-order valence-electron chi connectivity index (χ2n) is 2.84. The molecule has 0 aromatic rings. The Morgan fingerprint density at radius 2 is 2.14 bits per heavy atom. The lowest BCUT2D eigenvalue weighted by Crippen LogP contribution is -2.41. The lowest BCUT2D eigenvalue weighted by Gasteiger charge is -2.12. The molecule has 0 saturated carbocycles. The summed E-state index contributed by atoms with van der Waals surface area (Å²) in [5, 5.41) is 13.4. The highest BCUT2D eigenvalue weighted by atomic mass is 79.9. The third kappa shape index (κ3) is 7.60. The Hall–Kier alpha value is -1.04. The second kappa shape index (κ2) is 6.42. The normalized spacial score (nSPS) is 11.6. The maximum Gasteiger partial charge on any atom is 0.315 e. The Balaban J connectivity index is 3.71. The van der Waals surface area contributed by atoms with Crippen molar-refractivity contribution in [3.63, 3.8) is 0 Å². The summed E-state index contributed by atoms with van der Waals surface area (Å²) < 4.78 is 0.651. The van der Waals surface area contributed by atoms with Crippen LogP contribution in [0.3, 0.4) is 0 Å². The zero-order valence-electron chi connectivity index (χ0n) is 7.84. The van der Waals surface area contributed by atoms with Crippen LogP contribution in [-0.2, 0) is 4.79 Å². The minimum atomic E-state index is -0.942. The number of carbonyl (C=O) groups excluding carboxylic acids is 1. The minimum Gasteiger partial charge on any atom is -0.481 e. The van der Waals surface area contributed by atoms with E-state index in [0.717, 1.165) is 0 Å². The number of carbonyl (C=O) groups is 2. The summed E-state index contributed by atoms with van der Waals surface area (Å²) >= 11 is 3.08. The number of hydrogen-bond donors (Lipinski definition) is 3. The van der Waals surface area contributed by atoms with E-state index >= 15 is 0 Å². The summed E-state index contributed by atoms with van der Waals surface area (Å²) in [7, 11) is 0. The van der Waals surface area contributed by atoms with E-state index in [0.29, 0.717) is 11.0 Å². The van der Waals surface area contributed by atoms with Crippen molar-refractivity contribution < 1.29 is 14.7 Å². The fourth-order valence-corrected chi connectivity index (χ4v) is 0.904. The average molecular weight is 265 g/mol. The first kappa shape index (κ1) is 13.0. The fourth-order valence-electron chi connectivity index (χ4n) is 0.764. The summed E-state index contributed by atoms with van der Waals surface area (Å²) in [6.45, 7) is 5.47. The molecule has 1 atom stereocenters. The van der Waals surface area contributed by atoms with Gasteiger partial charge in [-0.25, -0.2) is 4.79 Å². The maximum absolute atomic E-state index is 11.1. The Labute approximate surface area is 90.7 Å². The van der Waals surface area contributed by atoms with Gasteiger partial charge in [0, 0.05) is 10.5 Å². The van der Waals surface area contributed by atoms with Gasteiger partial charge >= 0.3 is 12.0 Å². The molecule has 0 spiro atoms. The van der Waals surface area contributed by atoms with Gasteiger partial charge in [-0.1, -0.05) is 22.5 Å². The number of aliphatic carboxylic acids is 1. The molecule has 0 aromatic heterocycles. The van der Waals surface area contributed by atoms with Crippen LogP contribution in [0.1, 0.15) is 13.3 Å². The molecule has 0 aliphatic heterocycles. The number of carboxylic acid groups (broad SMARTS) is 1. The zero-order valence-corrected chi connectivity index (χ0v) is 9.43. The largest absolute Gasteiger partial charge is 0.481 e. The molecule has 0 rings (SSSR count). The molecule has 6 heteroatoms. The van der Waals surface area contributed by atoms with Crippen molar-refractivity contribution in [2.75, 3.05) is 6.54 Å². The second-order valence-corrected chi connectivity index (χ2v) is 3.96. The molecule has 0 aromatic carbocycles. The van der Waals surface area contributed by atoms with Crippen molar-refractivity contribution in [3.05, 3.63) is 11.1 Å². The van der Waals surface area contributed by atoms with Crippen LogP contribution in [-0.4, -0.2) is 29.7 Å². The SMILES string of the molecule is C=C(Br)CNC(=O)NC(C)CC(=O)O. The number of amides is 2. The van der Waals surface area contributed by atoms with E-state index in [-0.39, 0.29) is 6.42 Å². The van der Waals surface area contributed by atoms with Crippen LogP contribution in [0.2, 0.25) is 0 Å². The molecule has 0 heterocycles. The Morgan fingerprint density at radius 1 is 1.57 bits per heavy atom. The lowest BCUT2D eigenvalue weighted by atomic mass is 10.2. The van der Waals surface area contributed by atoms with E-state index in [1.807, 2.05) is 0 Å². The molecule has 0 bridgehead atoms. The van der Waals surface area contributed by atoms with Gasteiger partial charge in [-0.15, -0.1) is 0 Å². The first-order chi connectivity index (χ1) is 6.41. The highest BCUT2D eigenvalue weighted by molar-refractivity contribution is 9.11. The fraction of sp³-hybridized carbons (Fsp3) is 0.500. The van der Waals surface area contributed by atoms with Crippen molar-refractivity contribution in [3.8, 4) is 0 Å². The smallest absolute Gasteiger partial charge is 0.315 e. The third-order valence-corrected chi connectivity index (χ3v) is 1.58. The van der Waals surface area contributed by atoms with Crippen LogP contribution in [0.25, 0.3) is 0 Å². The van der Waals surface area contributed by atoms with Crippen molar-refractivity contribution in [1.82, 2.24) is 10.6 Å². The predicted octanol–water partition coefficient (Wildman–Crippen LogP) is 1.06. The van der Waals surface area contributed by atoms with Crippen molar-refractivity contribution in [2.45, 2.75) is 19.4 Å². The molecule has 1 unspecified atom stereocenters. The van der Waals surface area contributed by atoms with Crippen LogP contribution >= 0.6 is 15.9 Å². The molecular weight excluding hydrogens is 252 g/mol. The van der Waals surface area contributed by atoms with Gasteiger partial charge < -0.3 is 15.7 Å². The first-order valence-corrected chi connectivity index (χ1v) is 4.80. The van der Waals surface area contributed by atoms with Gasteiger partial charge in [0.25, 0.3) is 0 Å². The van der Waals surface area contributed by atoms with E-state index in [2.05, 4.69) is 33.1 Å². The first-order valence-electron chi connectivity index (χ1n) is 4.01. The topological polar surface area (TPSA) is 78.4 Å². The lowest BCUT2D eigenvalue weighted by molar-refractivity contribution is -0.137. The summed E-state index contributed by atoms with van der Waals surface area (Å²) in [5.41, 5.74) is 0. The minimum absolute atomic E-state index is 0.0946. The van der Waals surface area contributed by atoms with Crippen molar-refractivity contribution in [1.29, 1.82) is 0 Å². The number of halogens is 1. The number of nitrogens with one attached hydrogen (secondary N) is 2. The van der Waals surface area contributed by atoms with Gasteiger partial charge in [-0.3, -0.25) is 4.79 Å². The van der Waals surface area contributed by atoms with E-state index in [1.54, 1.807) is 6.92 Å². The molecule has 14 heavy (non-hydrogen) atoms. The Bertz CT molecular complexity index is 243. The molecule has 0 saturated heterocycles. The van der Waals surface area contributed by atoms with E-state index in [1.165, 1.54) is 0 Å². The van der Waals surface area contributed by atoms with Gasteiger partial charge in [0.1, 0.15) is 0 Å². The Morgan fingerprint density at radius 3 is 2.57 bits per heavy atom. The van der Waals surface area contributed by atoms with Crippen molar-refractivity contribution in [2.24, 2.45) is 0 Å². The average Bonchev–Trinajstić information content (AvgIpc) is 1.98. The van der Waals surface area contributed by atoms with E-state index in [4.69, 9.17) is 5.11 Å². The van der Waals surface area contributed by atoms with Gasteiger partial charge in [0.2, 0.25) is 0 Å². The Kier molecular flexibility index (Phi) is 5.94. The summed E-state index contributed by atoms with van der Waals surface area (Å²) in [5.74, 6) is -0.942. The van der Waals surface area contributed by atoms with Gasteiger partial charge in [0.15, 0.2) is 0 Å². The third-order valence-electron chi connectivity index (χ3n) is 1.30. The molecular formula is C8H13BrN2O3. The zero-order chi connectivity index (χ0) is 11.1. The number of urea groups is 1. The molecule has 2 amide bonds. The monoisotopic (exact) mass is 264 g/mol. The molecule has 0 fully saturated rings.